The van der Waals surface area contributed by atoms with Crippen molar-refractivity contribution in [3.63, 3.8) is 0 Å². The standard InChI is InChI=1S/C16H32O2Si/c1-8-12(2)13-9-14(17)11-15(10-13)18-19(6,7)16(3,4)5/h12-13,15H,8-11H2,1-7H3/t12?,13-,15+/m1/s1. The highest BCUT2D eigenvalue weighted by Crippen LogP contribution is 2.40. The molecule has 112 valence electrons. The van der Waals surface area contributed by atoms with Gasteiger partial charge in [0.1, 0.15) is 5.78 Å². The highest BCUT2D eigenvalue weighted by molar-refractivity contribution is 6.74. The molecule has 3 heteroatoms. The molecule has 0 saturated heterocycles. The Morgan fingerprint density at radius 1 is 1.32 bits per heavy atom. The van der Waals surface area contributed by atoms with E-state index >= 15 is 0 Å². The molecule has 0 aromatic rings. The van der Waals surface area contributed by atoms with Crippen LogP contribution in [0.1, 0.15) is 60.3 Å². The maximum Gasteiger partial charge on any atom is 0.192 e. The van der Waals surface area contributed by atoms with Crippen LogP contribution in [0.25, 0.3) is 0 Å². The van der Waals surface area contributed by atoms with Gasteiger partial charge in [0, 0.05) is 12.8 Å². The molecule has 1 aliphatic carbocycles. The lowest BCUT2D eigenvalue weighted by Gasteiger charge is -2.42. The van der Waals surface area contributed by atoms with Gasteiger partial charge in [-0.2, -0.15) is 0 Å². The normalized spacial score (nSPS) is 27.4. The van der Waals surface area contributed by atoms with Gasteiger partial charge in [0.05, 0.1) is 6.10 Å². The third kappa shape index (κ3) is 4.42. The quantitative estimate of drug-likeness (QED) is 0.694. The second kappa shape index (κ2) is 6.09. The average Bonchev–Trinajstić information content (AvgIpc) is 2.24. The monoisotopic (exact) mass is 284 g/mol. The molecule has 0 aromatic heterocycles. The van der Waals surface area contributed by atoms with E-state index in [1.54, 1.807) is 0 Å². The zero-order valence-corrected chi connectivity index (χ0v) is 14.9. The molecule has 1 unspecified atom stereocenters. The number of carbonyl (C=O) groups is 1. The van der Waals surface area contributed by atoms with Crippen LogP contribution >= 0.6 is 0 Å². The van der Waals surface area contributed by atoms with Crippen molar-refractivity contribution in [2.75, 3.05) is 0 Å². The van der Waals surface area contributed by atoms with Crippen LogP contribution in [-0.2, 0) is 9.22 Å². The minimum absolute atomic E-state index is 0.168. The molecule has 0 aliphatic heterocycles. The Balaban J connectivity index is 2.71. The molecule has 1 saturated carbocycles. The van der Waals surface area contributed by atoms with Crippen molar-refractivity contribution >= 4 is 14.1 Å². The highest BCUT2D eigenvalue weighted by Gasteiger charge is 2.41. The van der Waals surface area contributed by atoms with Gasteiger partial charge in [-0.3, -0.25) is 4.79 Å². The number of Topliss-reactive ketones (excluding diaryl/α,β-unsaturated/α-hetero) is 1. The first-order chi connectivity index (χ1) is 8.56. The van der Waals surface area contributed by atoms with Crippen LogP contribution in [0, 0.1) is 11.8 Å². The highest BCUT2D eigenvalue weighted by atomic mass is 28.4. The van der Waals surface area contributed by atoms with E-state index in [2.05, 4.69) is 47.7 Å². The van der Waals surface area contributed by atoms with E-state index < -0.39 is 8.32 Å². The molecule has 1 aliphatic rings. The zero-order valence-electron chi connectivity index (χ0n) is 13.9. The number of hydrogen-bond donors (Lipinski definition) is 0. The Morgan fingerprint density at radius 2 is 1.89 bits per heavy atom. The van der Waals surface area contributed by atoms with E-state index in [-0.39, 0.29) is 11.1 Å². The van der Waals surface area contributed by atoms with Crippen LogP contribution in [0.4, 0.5) is 0 Å². The summed E-state index contributed by atoms with van der Waals surface area (Å²) in [6.45, 7) is 15.8. The maximum absolute atomic E-state index is 12.0. The smallest absolute Gasteiger partial charge is 0.192 e. The lowest BCUT2D eigenvalue weighted by Crippen LogP contribution is -2.46. The molecular formula is C16H32O2Si. The maximum atomic E-state index is 12.0. The van der Waals surface area contributed by atoms with Gasteiger partial charge in [0.2, 0.25) is 0 Å². The van der Waals surface area contributed by atoms with Gasteiger partial charge in [0.25, 0.3) is 0 Å². The number of carbonyl (C=O) groups excluding carboxylic acids is 1. The topological polar surface area (TPSA) is 26.3 Å². The Hall–Kier alpha value is -0.153. The fourth-order valence-corrected chi connectivity index (χ4v) is 3.95. The van der Waals surface area contributed by atoms with Gasteiger partial charge >= 0.3 is 0 Å². The van der Waals surface area contributed by atoms with Crippen LogP contribution in [0.15, 0.2) is 0 Å². The van der Waals surface area contributed by atoms with Crippen LogP contribution in [0.3, 0.4) is 0 Å². The predicted octanol–water partition coefficient (Wildman–Crippen LogP) is 4.79. The van der Waals surface area contributed by atoms with Crippen molar-refractivity contribution in [3.8, 4) is 0 Å². The SMILES string of the molecule is CCC(C)[C@@H]1CC(=O)C[C@@H](O[Si](C)(C)C(C)(C)C)C1. The Morgan fingerprint density at radius 3 is 2.37 bits per heavy atom. The molecule has 1 rings (SSSR count). The van der Waals surface area contributed by atoms with Gasteiger partial charge in [-0.15, -0.1) is 0 Å². The largest absolute Gasteiger partial charge is 0.413 e. The lowest BCUT2D eigenvalue weighted by atomic mass is 9.78. The van der Waals surface area contributed by atoms with Gasteiger partial charge < -0.3 is 4.43 Å². The van der Waals surface area contributed by atoms with Crippen LogP contribution < -0.4 is 0 Å². The summed E-state index contributed by atoms with van der Waals surface area (Å²) < 4.78 is 6.46. The molecule has 0 amide bonds. The van der Waals surface area contributed by atoms with E-state index in [4.69, 9.17) is 4.43 Å². The summed E-state index contributed by atoms with van der Waals surface area (Å²) in [5, 5.41) is 0.222. The fourth-order valence-electron chi connectivity index (χ4n) is 2.58. The van der Waals surface area contributed by atoms with Gasteiger partial charge in [0.15, 0.2) is 8.32 Å². The number of rotatable bonds is 4. The van der Waals surface area contributed by atoms with Crippen molar-refractivity contribution in [2.45, 2.75) is 84.5 Å². The minimum Gasteiger partial charge on any atom is -0.413 e. The van der Waals surface area contributed by atoms with Crippen molar-refractivity contribution in [1.29, 1.82) is 0 Å². The Labute approximate surface area is 120 Å². The molecule has 0 heterocycles. The van der Waals surface area contributed by atoms with Crippen LogP contribution in [-0.4, -0.2) is 20.2 Å². The second-order valence-electron chi connectivity index (χ2n) is 7.83. The van der Waals surface area contributed by atoms with E-state index in [1.807, 2.05) is 0 Å². The van der Waals surface area contributed by atoms with Crippen molar-refractivity contribution < 1.29 is 9.22 Å². The second-order valence-corrected chi connectivity index (χ2v) is 12.6. The molecular weight excluding hydrogens is 252 g/mol. The molecule has 0 aromatic carbocycles. The van der Waals surface area contributed by atoms with Gasteiger partial charge in [-0.25, -0.2) is 0 Å². The molecule has 2 nitrogen and oxygen atoms in total. The van der Waals surface area contributed by atoms with Crippen LogP contribution in [0.2, 0.25) is 18.1 Å². The number of hydrogen-bond acceptors (Lipinski definition) is 2. The summed E-state index contributed by atoms with van der Waals surface area (Å²) in [4.78, 5) is 12.0. The number of ketones is 1. The fraction of sp³-hybridized carbons (Fsp3) is 0.938. The van der Waals surface area contributed by atoms with Crippen molar-refractivity contribution in [2.24, 2.45) is 11.8 Å². The van der Waals surface area contributed by atoms with E-state index in [9.17, 15) is 4.79 Å². The molecule has 0 bridgehead atoms. The van der Waals surface area contributed by atoms with E-state index in [0.29, 0.717) is 24.0 Å². The summed E-state index contributed by atoms with van der Waals surface area (Å²) in [5.41, 5.74) is 0. The molecule has 0 radical (unpaired) electrons. The minimum atomic E-state index is -1.75. The third-order valence-corrected chi connectivity index (χ3v) is 9.76. The van der Waals surface area contributed by atoms with Crippen molar-refractivity contribution in [3.05, 3.63) is 0 Å². The summed E-state index contributed by atoms with van der Waals surface area (Å²) in [7, 11) is -1.75. The Bertz CT molecular complexity index is 317. The lowest BCUT2D eigenvalue weighted by molar-refractivity contribution is -0.125. The van der Waals surface area contributed by atoms with Crippen LogP contribution in [0.5, 0.6) is 0 Å². The first kappa shape index (κ1) is 16.9. The molecule has 19 heavy (non-hydrogen) atoms. The molecule has 0 spiro atoms. The van der Waals surface area contributed by atoms with E-state index in [0.717, 1.165) is 19.3 Å². The first-order valence-corrected chi connectivity index (χ1v) is 10.7. The average molecular weight is 285 g/mol. The third-order valence-electron chi connectivity index (χ3n) is 5.23. The first-order valence-electron chi connectivity index (χ1n) is 7.76. The van der Waals surface area contributed by atoms with Crippen molar-refractivity contribution in [1.82, 2.24) is 0 Å². The summed E-state index contributed by atoms with van der Waals surface area (Å²) in [6, 6.07) is 0. The zero-order chi connectivity index (χ0) is 14.8. The molecule has 1 fully saturated rings. The Kier molecular flexibility index (Phi) is 5.41. The summed E-state index contributed by atoms with van der Waals surface area (Å²) in [6.07, 6.45) is 3.81. The molecule has 3 atom stereocenters. The molecule has 0 N–H and O–H groups in total. The van der Waals surface area contributed by atoms with Gasteiger partial charge in [-0.1, -0.05) is 41.0 Å². The van der Waals surface area contributed by atoms with Gasteiger partial charge in [-0.05, 0) is 36.4 Å². The summed E-state index contributed by atoms with van der Waals surface area (Å²) in [5.74, 6) is 1.57. The predicted molar refractivity (Wildman–Crippen MR) is 83.9 cm³/mol. The summed E-state index contributed by atoms with van der Waals surface area (Å²) >= 11 is 0. The van der Waals surface area contributed by atoms with E-state index in [1.165, 1.54) is 0 Å².